The fourth-order valence-corrected chi connectivity index (χ4v) is 3.12. The second-order valence-corrected chi connectivity index (χ2v) is 6.54. The van der Waals surface area contributed by atoms with Gasteiger partial charge in [0.25, 0.3) is 0 Å². The van der Waals surface area contributed by atoms with Crippen LogP contribution in [-0.4, -0.2) is 48.2 Å². The molecule has 0 radical (unpaired) electrons. The van der Waals surface area contributed by atoms with Crippen LogP contribution in [0, 0.1) is 6.92 Å². The number of aryl methyl sites for hydroxylation is 1. The molecule has 132 valence electrons. The molecule has 1 aromatic heterocycles. The van der Waals surface area contributed by atoms with Crippen molar-refractivity contribution >= 4 is 5.91 Å². The second kappa shape index (κ2) is 7.66. The molecule has 5 nitrogen and oxygen atoms in total. The Morgan fingerprint density at radius 3 is 2.72 bits per heavy atom. The Labute approximate surface area is 148 Å². The highest BCUT2D eigenvalue weighted by atomic mass is 16.5. The number of likely N-dealkylation sites (tertiary alicyclic amines) is 1. The minimum absolute atomic E-state index is 0.112. The van der Waals surface area contributed by atoms with Gasteiger partial charge in [0.2, 0.25) is 5.91 Å². The molecular weight excluding hydrogens is 316 g/mol. The van der Waals surface area contributed by atoms with Crippen LogP contribution >= 0.6 is 0 Å². The van der Waals surface area contributed by atoms with Crippen molar-refractivity contribution in [3.8, 4) is 5.75 Å². The van der Waals surface area contributed by atoms with E-state index in [1.807, 2.05) is 48.2 Å². The maximum Gasteiger partial charge on any atom is 0.227 e. The minimum Gasteiger partial charge on any atom is -0.490 e. The molecule has 1 aliphatic rings. The first-order chi connectivity index (χ1) is 12.1. The van der Waals surface area contributed by atoms with Gasteiger partial charge in [0.1, 0.15) is 18.0 Å². The molecule has 0 aliphatic carbocycles. The Balaban J connectivity index is 1.60. The summed E-state index contributed by atoms with van der Waals surface area (Å²) in [5.74, 6) is 0.974. The monoisotopic (exact) mass is 340 g/mol. The van der Waals surface area contributed by atoms with Gasteiger partial charge in [-0.15, -0.1) is 0 Å². The average Bonchev–Trinajstić information content (AvgIpc) is 3.07. The number of hydrogen-bond acceptors (Lipinski definition) is 4. The van der Waals surface area contributed by atoms with Crippen molar-refractivity contribution in [2.24, 2.45) is 0 Å². The van der Waals surface area contributed by atoms with Crippen LogP contribution in [0.25, 0.3) is 0 Å². The highest BCUT2D eigenvalue weighted by Crippen LogP contribution is 2.27. The van der Waals surface area contributed by atoms with Gasteiger partial charge in [-0.25, -0.2) is 0 Å². The Bertz CT molecular complexity index is 720. The molecule has 25 heavy (non-hydrogen) atoms. The Morgan fingerprint density at radius 2 is 2.00 bits per heavy atom. The normalized spacial score (nSPS) is 19.8. The summed E-state index contributed by atoms with van der Waals surface area (Å²) in [6, 6.07) is 11.7. The van der Waals surface area contributed by atoms with Crippen molar-refractivity contribution in [2.45, 2.75) is 25.4 Å². The predicted molar refractivity (Wildman–Crippen MR) is 95.6 cm³/mol. The molecular formula is C20H24N2O3. The zero-order chi connectivity index (χ0) is 17.7. The molecule has 1 saturated heterocycles. The lowest BCUT2D eigenvalue weighted by Gasteiger charge is -2.28. The third kappa shape index (κ3) is 4.17. The zero-order valence-electron chi connectivity index (χ0n) is 14.8. The molecule has 1 atom stereocenters. The van der Waals surface area contributed by atoms with E-state index in [-0.39, 0.29) is 5.91 Å². The van der Waals surface area contributed by atoms with Gasteiger partial charge in [0.05, 0.1) is 13.0 Å². The number of aromatic nitrogens is 1. The van der Waals surface area contributed by atoms with Crippen LogP contribution < -0.4 is 4.74 Å². The summed E-state index contributed by atoms with van der Waals surface area (Å²) >= 11 is 0. The number of ether oxygens (including phenoxy) is 2. The third-order valence-electron chi connectivity index (χ3n) is 4.79. The Kier molecular flexibility index (Phi) is 5.34. The fourth-order valence-electron chi connectivity index (χ4n) is 3.12. The van der Waals surface area contributed by atoms with E-state index >= 15 is 0 Å². The molecule has 1 unspecified atom stereocenters. The van der Waals surface area contributed by atoms with Gasteiger partial charge in [0.15, 0.2) is 0 Å². The largest absolute Gasteiger partial charge is 0.490 e. The van der Waals surface area contributed by atoms with Gasteiger partial charge in [-0.2, -0.15) is 0 Å². The summed E-state index contributed by atoms with van der Waals surface area (Å²) in [5, 5.41) is 0. The highest BCUT2D eigenvalue weighted by Gasteiger charge is 2.41. The average molecular weight is 340 g/mol. The van der Waals surface area contributed by atoms with Crippen molar-refractivity contribution < 1.29 is 14.3 Å². The lowest BCUT2D eigenvalue weighted by Crippen LogP contribution is -2.42. The SMILES string of the molecule is COC1(COc2ccccc2C)CCN(C(=O)Cc2ccncc2)C1. The third-order valence-corrected chi connectivity index (χ3v) is 4.79. The number of nitrogens with zero attached hydrogens (tertiary/aromatic N) is 2. The summed E-state index contributed by atoms with van der Waals surface area (Å²) in [4.78, 5) is 18.4. The first-order valence-corrected chi connectivity index (χ1v) is 8.52. The number of pyridine rings is 1. The number of carbonyl (C=O) groups excluding carboxylic acids is 1. The summed E-state index contributed by atoms with van der Waals surface area (Å²) in [7, 11) is 1.69. The molecule has 0 bridgehead atoms. The van der Waals surface area contributed by atoms with Gasteiger partial charge in [-0.3, -0.25) is 9.78 Å². The summed E-state index contributed by atoms with van der Waals surface area (Å²) in [6.07, 6.45) is 4.59. The topological polar surface area (TPSA) is 51.7 Å². The standard InChI is InChI=1S/C20H24N2O3/c1-16-5-3-4-6-18(16)25-15-20(24-2)9-12-22(14-20)19(23)13-17-7-10-21-11-8-17/h3-8,10-11H,9,12-15H2,1-2H3. The maximum absolute atomic E-state index is 12.6. The molecule has 0 spiro atoms. The number of benzene rings is 1. The lowest BCUT2D eigenvalue weighted by molar-refractivity contribution is -0.131. The van der Waals surface area contributed by atoms with E-state index in [2.05, 4.69) is 4.98 Å². The molecule has 0 saturated carbocycles. The number of para-hydroxylation sites is 1. The Hall–Kier alpha value is -2.40. The number of carbonyl (C=O) groups is 1. The summed E-state index contributed by atoms with van der Waals surface area (Å²) < 4.78 is 11.8. The number of hydrogen-bond donors (Lipinski definition) is 0. The van der Waals surface area contributed by atoms with Gasteiger partial charge >= 0.3 is 0 Å². The lowest BCUT2D eigenvalue weighted by atomic mass is 10.0. The van der Waals surface area contributed by atoms with Gasteiger partial charge in [-0.1, -0.05) is 18.2 Å². The van der Waals surface area contributed by atoms with Crippen molar-refractivity contribution in [1.29, 1.82) is 0 Å². The predicted octanol–water partition coefficient (Wildman–Crippen LogP) is 2.63. The quantitative estimate of drug-likeness (QED) is 0.811. The van der Waals surface area contributed by atoms with Crippen molar-refractivity contribution in [1.82, 2.24) is 9.88 Å². The molecule has 2 aromatic rings. The van der Waals surface area contributed by atoms with E-state index in [0.29, 0.717) is 26.1 Å². The van der Waals surface area contributed by atoms with Crippen LogP contribution in [0.15, 0.2) is 48.8 Å². The molecule has 1 aliphatic heterocycles. The number of amides is 1. The van der Waals surface area contributed by atoms with Crippen molar-refractivity contribution in [3.63, 3.8) is 0 Å². The van der Waals surface area contributed by atoms with Crippen molar-refractivity contribution in [2.75, 3.05) is 26.8 Å². The highest BCUT2D eigenvalue weighted by molar-refractivity contribution is 5.79. The van der Waals surface area contributed by atoms with Crippen LogP contribution in [0.4, 0.5) is 0 Å². The fraction of sp³-hybridized carbons (Fsp3) is 0.400. The van der Waals surface area contributed by atoms with Crippen LogP contribution in [0.2, 0.25) is 0 Å². The summed E-state index contributed by atoms with van der Waals surface area (Å²) in [5.41, 5.74) is 1.62. The summed E-state index contributed by atoms with van der Waals surface area (Å²) in [6.45, 7) is 3.70. The molecule has 0 N–H and O–H groups in total. The van der Waals surface area contributed by atoms with E-state index in [4.69, 9.17) is 9.47 Å². The van der Waals surface area contributed by atoms with Crippen LogP contribution in [-0.2, 0) is 16.0 Å². The maximum atomic E-state index is 12.6. The van der Waals surface area contributed by atoms with E-state index in [9.17, 15) is 4.79 Å². The molecule has 3 rings (SSSR count). The first-order valence-electron chi connectivity index (χ1n) is 8.52. The number of methoxy groups -OCH3 is 1. The smallest absolute Gasteiger partial charge is 0.227 e. The van der Waals surface area contributed by atoms with E-state index in [1.165, 1.54) is 0 Å². The molecule has 5 heteroatoms. The molecule has 2 heterocycles. The first kappa shape index (κ1) is 17.4. The molecule has 1 amide bonds. The second-order valence-electron chi connectivity index (χ2n) is 6.54. The van der Waals surface area contributed by atoms with E-state index in [1.54, 1.807) is 19.5 Å². The van der Waals surface area contributed by atoms with Crippen LogP contribution in [0.5, 0.6) is 5.75 Å². The van der Waals surface area contributed by atoms with Crippen LogP contribution in [0.1, 0.15) is 17.5 Å². The van der Waals surface area contributed by atoms with Gasteiger partial charge in [-0.05, 0) is 42.7 Å². The van der Waals surface area contributed by atoms with E-state index < -0.39 is 5.60 Å². The Morgan fingerprint density at radius 1 is 1.24 bits per heavy atom. The van der Waals surface area contributed by atoms with E-state index in [0.717, 1.165) is 23.3 Å². The molecule has 1 aromatic carbocycles. The van der Waals surface area contributed by atoms with Gasteiger partial charge < -0.3 is 14.4 Å². The van der Waals surface area contributed by atoms with Crippen LogP contribution in [0.3, 0.4) is 0 Å². The number of rotatable bonds is 6. The minimum atomic E-state index is -0.448. The zero-order valence-corrected chi connectivity index (χ0v) is 14.8. The van der Waals surface area contributed by atoms with Crippen molar-refractivity contribution in [3.05, 3.63) is 59.9 Å². The van der Waals surface area contributed by atoms with Gasteiger partial charge in [0, 0.05) is 26.0 Å². The molecule has 1 fully saturated rings.